The second-order valence-electron chi connectivity index (χ2n) is 8.14. The van der Waals surface area contributed by atoms with E-state index in [0.717, 1.165) is 12.8 Å². The summed E-state index contributed by atoms with van der Waals surface area (Å²) in [6.45, 7) is 1.56. The van der Waals surface area contributed by atoms with Gasteiger partial charge in [0.05, 0.1) is 15.7 Å². The van der Waals surface area contributed by atoms with Gasteiger partial charge in [-0.05, 0) is 62.1 Å². The van der Waals surface area contributed by atoms with Crippen LogP contribution in [0.5, 0.6) is 0 Å². The molecular formula is C22H27N3O5S2. The van der Waals surface area contributed by atoms with Gasteiger partial charge in [0.2, 0.25) is 26.0 Å². The molecule has 2 fully saturated rings. The van der Waals surface area contributed by atoms with E-state index >= 15 is 0 Å². The number of rotatable bonds is 6. The first kappa shape index (κ1) is 22.9. The average molecular weight is 478 g/mol. The van der Waals surface area contributed by atoms with Crippen molar-refractivity contribution in [2.75, 3.05) is 31.5 Å². The summed E-state index contributed by atoms with van der Waals surface area (Å²) in [5, 5.41) is 2.80. The lowest BCUT2D eigenvalue weighted by Crippen LogP contribution is -2.43. The highest BCUT2D eigenvalue weighted by Crippen LogP contribution is 2.26. The normalized spacial score (nSPS) is 20.8. The van der Waals surface area contributed by atoms with E-state index in [9.17, 15) is 21.6 Å². The molecule has 8 nitrogen and oxygen atoms in total. The van der Waals surface area contributed by atoms with Gasteiger partial charge in [-0.1, -0.05) is 18.2 Å². The molecule has 2 aromatic carbocycles. The molecule has 2 aromatic rings. The van der Waals surface area contributed by atoms with Crippen molar-refractivity contribution >= 4 is 31.6 Å². The van der Waals surface area contributed by atoms with E-state index in [4.69, 9.17) is 0 Å². The van der Waals surface area contributed by atoms with Crippen molar-refractivity contribution in [1.29, 1.82) is 0 Å². The molecule has 1 amide bonds. The number of anilines is 1. The lowest BCUT2D eigenvalue weighted by atomic mass is 9.99. The lowest BCUT2D eigenvalue weighted by Gasteiger charge is -2.31. The maximum Gasteiger partial charge on any atom is 0.243 e. The Balaban J connectivity index is 1.41. The molecule has 0 spiro atoms. The highest BCUT2D eigenvalue weighted by atomic mass is 32.2. The van der Waals surface area contributed by atoms with E-state index < -0.39 is 26.0 Å². The van der Waals surface area contributed by atoms with Gasteiger partial charge in [0, 0.05) is 31.9 Å². The van der Waals surface area contributed by atoms with Gasteiger partial charge in [0.25, 0.3) is 0 Å². The van der Waals surface area contributed by atoms with Crippen LogP contribution >= 0.6 is 0 Å². The van der Waals surface area contributed by atoms with Gasteiger partial charge >= 0.3 is 0 Å². The SMILES string of the molecule is O=C(Nc1ccc(S(=O)(=O)N2CCCC2)cc1)[C@@H]1CCCN(S(=O)(=O)c2ccccc2)C1. The topological polar surface area (TPSA) is 104 Å². The van der Waals surface area contributed by atoms with Gasteiger partial charge < -0.3 is 5.32 Å². The van der Waals surface area contributed by atoms with Crippen molar-refractivity contribution in [3.05, 3.63) is 54.6 Å². The van der Waals surface area contributed by atoms with E-state index in [1.165, 1.54) is 20.7 Å². The third-order valence-corrected chi connectivity index (χ3v) is 9.75. The largest absolute Gasteiger partial charge is 0.326 e. The zero-order valence-electron chi connectivity index (χ0n) is 17.7. The first-order chi connectivity index (χ1) is 15.3. The first-order valence-corrected chi connectivity index (χ1v) is 13.6. The summed E-state index contributed by atoms with van der Waals surface area (Å²) in [6.07, 6.45) is 2.92. The quantitative estimate of drug-likeness (QED) is 0.689. The molecule has 2 heterocycles. The molecule has 172 valence electrons. The minimum absolute atomic E-state index is 0.116. The standard InChI is InChI=1S/C22H27N3O5S2/c26-22(18-7-6-16-25(17-18)32(29,30)20-8-2-1-3-9-20)23-19-10-12-21(13-11-19)31(27,28)24-14-4-5-15-24/h1-3,8-13,18H,4-7,14-17H2,(H,23,26)/t18-/m1/s1. The number of benzene rings is 2. The second kappa shape index (κ2) is 9.30. The van der Waals surface area contributed by atoms with Crippen LogP contribution in [-0.4, -0.2) is 57.5 Å². The molecule has 2 aliphatic heterocycles. The zero-order valence-corrected chi connectivity index (χ0v) is 19.3. The van der Waals surface area contributed by atoms with Crippen molar-refractivity contribution in [2.24, 2.45) is 5.92 Å². The predicted molar refractivity (Wildman–Crippen MR) is 121 cm³/mol. The summed E-state index contributed by atoms with van der Waals surface area (Å²) in [5.41, 5.74) is 0.485. The van der Waals surface area contributed by atoms with Crippen LogP contribution in [0.4, 0.5) is 5.69 Å². The number of hydrogen-bond acceptors (Lipinski definition) is 5. The molecule has 2 saturated heterocycles. The molecule has 0 aromatic heterocycles. The fourth-order valence-electron chi connectivity index (χ4n) is 4.15. The van der Waals surface area contributed by atoms with Crippen LogP contribution in [0.3, 0.4) is 0 Å². The van der Waals surface area contributed by atoms with E-state index in [1.807, 2.05) is 0 Å². The van der Waals surface area contributed by atoms with Crippen molar-refractivity contribution < 1.29 is 21.6 Å². The molecule has 0 radical (unpaired) electrons. The fraction of sp³-hybridized carbons (Fsp3) is 0.409. The smallest absolute Gasteiger partial charge is 0.243 e. The van der Waals surface area contributed by atoms with Gasteiger partial charge in [-0.25, -0.2) is 16.8 Å². The number of hydrogen-bond donors (Lipinski definition) is 1. The van der Waals surface area contributed by atoms with E-state index in [2.05, 4.69) is 5.32 Å². The molecule has 32 heavy (non-hydrogen) atoms. The summed E-state index contributed by atoms with van der Waals surface area (Å²) in [4.78, 5) is 13.2. The minimum atomic E-state index is -3.65. The molecule has 1 atom stereocenters. The fourth-order valence-corrected chi connectivity index (χ4v) is 7.21. The number of piperidine rings is 1. The number of carbonyl (C=O) groups excluding carboxylic acids is 1. The van der Waals surface area contributed by atoms with Crippen molar-refractivity contribution in [3.63, 3.8) is 0 Å². The lowest BCUT2D eigenvalue weighted by molar-refractivity contribution is -0.120. The molecule has 0 saturated carbocycles. The monoisotopic (exact) mass is 477 g/mol. The molecular weight excluding hydrogens is 450 g/mol. The number of amides is 1. The summed E-state index contributed by atoms with van der Waals surface area (Å²) >= 11 is 0. The third kappa shape index (κ3) is 4.73. The van der Waals surface area contributed by atoms with E-state index in [1.54, 1.807) is 42.5 Å². The Morgan fingerprint density at radius 2 is 1.31 bits per heavy atom. The number of carbonyl (C=O) groups is 1. The van der Waals surface area contributed by atoms with Crippen LogP contribution < -0.4 is 5.32 Å². The Morgan fingerprint density at radius 1 is 0.750 bits per heavy atom. The Labute approximate surface area is 189 Å². The number of nitrogens with one attached hydrogen (secondary N) is 1. The Hall–Kier alpha value is -2.27. The summed E-state index contributed by atoms with van der Waals surface area (Å²) in [5.74, 6) is -0.747. The van der Waals surface area contributed by atoms with Gasteiger partial charge in [0.1, 0.15) is 0 Å². The number of sulfonamides is 2. The molecule has 1 N–H and O–H groups in total. The third-order valence-electron chi connectivity index (χ3n) is 5.96. The maximum absolute atomic E-state index is 12.9. The molecule has 0 unspecified atom stereocenters. The van der Waals surface area contributed by atoms with E-state index in [0.29, 0.717) is 38.2 Å². The van der Waals surface area contributed by atoms with Crippen LogP contribution in [-0.2, 0) is 24.8 Å². The van der Waals surface area contributed by atoms with Gasteiger partial charge in [0.15, 0.2) is 0 Å². The maximum atomic E-state index is 12.9. The zero-order chi connectivity index (χ0) is 22.8. The molecule has 2 aliphatic rings. The summed E-state index contributed by atoms with van der Waals surface area (Å²) < 4.78 is 53.9. The highest BCUT2D eigenvalue weighted by Gasteiger charge is 2.33. The molecule has 0 aliphatic carbocycles. The van der Waals surface area contributed by atoms with Crippen LogP contribution in [0.25, 0.3) is 0 Å². The Kier molecular flexibility index (Phi) is 6.66. The van der Waals surface area contributed by atoms with Crippen molar-refractivity contribution in [3.8, 4) is 0 Å². The van der Waals surface area contributed by atoms with Crippen LogP contribution in [0, 0.1) is 5.92 Å². The number of nitrogens with zero attached hydrogens (tertiary/aromatic N) is 2. The summed E-state index contributed by atoms with van der Waals surface area (Å²) in [7, 11) is -7.16. The average Bonchev–Trinajstić information content (AvgIpc) is 3.36. The van der Waals surface area contributed by atoms with Crippen molar-refractivity contribution in [1.82, 2.24) is 8.61 Å². The molecule has 0 bridgehead atoms. The Bertz CT molecular complexity index is 1160. The molecule has 4 rings (SSSR count). The second-order valence-corrected chi connectivity index (χ2v) is 12.0. The predicted octanol–water partition coefficient (Wildman–Crippen LogP) is 2.51. The first-order valence-electron chi connectivity index (χ1n) is 10.7. The van der Waals surface area contributed by atoms with Crippen molar-refractivity contribution in [2.45, 2.75) is 35.5 Å². The summed E-state index contributed by atoms with van der Waals surface area (Å²) in [6, 6.07) is 14.3. The van der Waals surface area contributed by atoms with Crippen LogP contribution in [0.15, 0.2) is 64.4 Å². The van der Waals surface area contributed by atoms with Crippen LogP contribution in [0.1, 0.15) is 25.7 Å². The highest BCUT2D eigenvalue weighted by molar-refractivity contribution is 7.89. The van der Waals surface area contributed by atoms with Gasteiger partial charge in [-0.2, -0.15) is 8.61 Å². The van der Waals surface area contributed by atoms with Crippen LogP contribution in [0.2, 0.25) is 0 Å². The van der Waals surface area contributed by atoms with Gasteiger partial charge in [-0.15, -0.1) is 0 Å². The Morgan fingerprint density at radius 3 is 1.97 bits per heavy atom. The molecule has 10 heteroatoms. The van der Waals surface area contributed by atoms with E-state index in [-0.39, 0.29) is 22.2 Å². The van der Waals surface area contributed by atoms with Gasteiger partial charge in [-0.3, -0.25) is 4.79 Å². The minimum Gasteiger partial charge on any atom is -0.326 e.